The highest BCUT2D eigenvalue weighted by atomic mass is 19.4. The predicted octanol–water partition coefficient (Wildman–Crippen LogP) is 0.826. The molecule has 1 aromatic heterocycles. The number of hydrogen-bond acceptors (Lipinski definition) is 3. The van der Waals surface area contributed by atoms with Crippen molar-refractivity contribution >= 4 is 5.91 Å². The van der Waals surface area contributed by atoms with E-state index < -0.39 is 12.0 Å². The Morgan fingerprint density at radius 3 is 2.85 bits per heavy atom. The van der Waals surface area contributed by atoms with Crippen molar-refractivity contribution in [2.75, 3.05) is 6.54 Å². The molecular formula is C12H15F3N4O. The molecule has 0 unspecified atom stereocenters. The van der Waals surface area contributed by atoms with E-state index in [4.69, 9.17) is 0 Å². The van der Waals surface area contributed by atoms with Crippen molar-refractivity contribution in [2.24, 2.45) is 0 Å². The lowest BCUT2D eigenvalue weighted by molar-refractivity contribution is -0.147. The van der Waals surface area contributed by atoms with Crippen molar-refractivity contribution in [3.8, 4) is 0 Å². The lowest BCUT2D eigenvalue weighted by Gasteiger charge is -2.16. The van der Waals surface area contributed by atoms with Gasteiger partial charge in [-0.25, -0.2) is 4.98 Å². The maximum Gasteiger partial charge on any atom is 0.449 e. The number of rotatable bonds is 3. The van der Waals surface area contributed by atoms with Crippen molar-refractivity contribution in [3.05, 3.63) is 17.2 Å². The van der Waals surface area contributed by atoms with Crippen molar-refractivity contribution in [1.29, 1.82) is 0 Å². The Morgan fingerprint density at radius 2 is 2.20 bits per heavy atom. The molecule has 1 fully saturated rings. The molecule has 5 nitrogen and oxygen atoms in total. The summed E-state index contributed by atoms with van der Waals surface area (Å²) in [4.78, 5) is 15.4. The van der Waals surface area contributed by atoms with E-state index in [0.29, 0.717) is 30.9 Å². The number of alkyl halides is 3. The van der Waals surface area contributed by atoms with Crippen LogP contribution < -0.4 is 10.6 Å². The molecular weight excluding hydrogens is 273 g/mol. The molecule has 2 heterocycles. The lowest BCUT2D eigenvalue weighted by atomic mass is 10.2. The first kappa shape index (κ1) is 13.4. The average molecular weight is 288 g/mol. The summed E-state index contributed by atoms with van der Waals surface area (Å²) >= 11 is 0. The van der Waals surface area contributed by atoms with Gasteiger partial charge in [0, 0.05) is 31.2 Å². The van der Waals surface area contributed by atoms with Crippen LogP contribution in [0.1, 0.15) is 30.1 Å². The van der Waals surface area contributed by atoms with Crippen molar-refractivity contribution in [2.45, 2.75) is 44.6 Å². The second-order valence-corrected chi connectivity index (χ2v) is 5.18. The molecule has 0 saturated heterocycles. The quantitative estimate of drug-likeness (QED) is 0.866. The summed E-state index contributed by atoms with van der Waals surface area (Å²) in [7, 11) is 0. The summed E-state index contributed by atoms with van der Waals surface area (Å²) < 4.78 is 40.1. The SMILES string of the molecule is O=C(Cn1c(C(F)(F)F)nc2c1CCNC2)NC1CC1. The second-order valence-electron chi connectivity index (χ2n) is 5.18. The number of nitrogens with one attached hydrogen (secondary N) is 2. The summed E-state index contributed by atoms with van der Waals surface area (Å²) in [6, 6.07) is 0.137. The monoisotopic (exact) mass is 288 g/mol. The van der Waals surface area contributed by atoms with Gasteiger partial charge in [-0.1, -0.05) is 0 Å². The van der Waals surface area contributed by atoms with Gasteiger partial charge < -0.3 is 15.2 Å². The Bertz CT molecular complexity index is 534. The van der Waals surface area contributed by atoms with Gasteiger partial charge in [0.15, 0.2) is 0 Å². The minimum Gasteiger partial charge on any atom is -0.352 e. The summed E-state index contributed by atoms with van der Waals surface area (Å²) in [6.45, 7) is 0.601. The van der Waals surface area contributed by atoms with E-state index >= 15 is 0 Å². The smallest absolute Gasteiger partial charge is 0.352 e. The number of aromatic nitrogens is 2. The van der Waals surface area contributed by atoms with Crippen LogP contribution in [-0.2, 0) is 30.5 Å². The zero-order valence-electron chi connectivity index (χ0n) is 10.8. The Balaban J connectivity index is 1.89. The van der Waals surface area contributed by atoms with Crippen LogP contribution in [0.25, 0.3) is 0 Å². The minimum absolute atomic E-state index is 0.137. The van der Waals surface area contributed by atoms with Gasteiger partial charge in [0.1, 0.15) is 6.54 Å². The Morgan fingerprint density at radius 1 is 1.45 bits per heavy atom. The zero-order chi connectivity index (χ0) is 14.3. The van der Waals surface area contributed by atoms with Crippen LogP contribution in [-0.4, -0.2) is 28.0 Å². The lowest BCUT2D eigenvalue weighted by Crippen LogP contribution is -2.32. The average Bonchev–Trinajstić information content (AvgIpc) is 3.09. The molecule has 1 aromatic rings. The van der Waals surface area contributed by atoms with Crippen LogP contribution in [0.5, 0.6) is 0 Å². The van der Waals surface area contributed by atoms with Crippen molar-refractivity contribution < 1.29 is 18.0 Å². The number of carbonyl (C=O) groups is 1. The third kappa shape index (κ3) is 2.65. The number of imidazole rings is 1. The third-order valence-electron chi connectivity index (χ3n) is 3.48. The minimum atomic E-state index is -4.54. The first-order valence-electron chi connectivity index (χ1n) is 6.60. The largest absolute Gasteiger partial charge is 0.449 e. The molecule has 1 aliphatic carbocycles. The molecule has 1 saturated carbocycles. The normalized spacial score (nSPS) is 18.8. The van der Waals surface area contributed by atoms with Crippen molar-refractivity contribution in [3.63, 3.8) is 0 Å². The van der Waals surface area contributed by atoms with E-state index in [1.54, 1.807) is 0 Å². The molecule has 20 heavy (non-hydrogen) atoms. The highest BCUT2D eigenvalue weighted by molar-refractivity contribution is 5.76. The summed E-state index contributed by atoms with van der Waals surface area (Å²) in [5, 5.41) is 5.69. The number of fused-ring (bicyclic) bond motifs is 1. The summed E-state index contributed by atoms with van der Waals surface area (Å²) in [6.07, 6.45) is -2.28. The Kier molecular flexibility index (Phi) is 3.19. The summed E-state index contributed by atoms with van der Waals surface area (Å²) in [5.74, 6) is -1.35. The van der Waals surface area contributed by atoms with Crippen LogP contribution in [0, 0.1) is 0 Å². The molecule has 110 valence electrons. The predicted molar refractivity (Wildman–Crippen MR) is 63.8 cm³/mol. The van der Waals surface area contributed by atoms with E-state index in [1.165, 1.54) is 0 Å². The molecule has 0 atom stereocenters. The van der Waals surface area contributed by atoms with E-state index in [9.17, 15) is 18.0 Å². The van der Waals surface area contributed by atoms with E-state index in [-0.39, 0.29) is 18.5 Å². The fourth-order valence-corrected chi connectivity index (χ4v) is 2.40. The van der Waals surface area contributed by atoms with Gasteiger partial charge in [0.05, 0.1) is 5.69 Å². The highest BCUT2D eigenvalue weighted by Crippen LogP contribution is 2.31. The van der Waals surface area contributed by atoms with Crippen LogP contribution in [0.4, 0.5) is 13.2 Å². The standard InChI is InChI=1S/C12H15F3N4O/c13-12(14,15)11-18-8-5-16-4-3-9(8)19(11)6-10(20)17-7-1-2-7/h7,16H,1-6H2,(H,17,20). The molecule has 0 radical (unpaired) electrons. The number of nitrogens with zero attached hydrogens (tertiary/aromatic N) is 2. The maximum atomic E-state index is 13.0. The first-order chi connectivity index (χ1) is 9.45. The number of hydrogen-bond donors (Lipinski definition) is 2. The molecule has 3 rings (SSSR count). The molecule has 8 heteroatoms. The van der Waals surface area contributed by atoms with E-state index in [0.717, 1.165) is 17.4 Å². The highest BCUT2D eigenvalue weighted by Gasteiger charge is 2.39. The first-order valence-corrected chi connectivity index (χ1v) is 6.60. The maximum absolute atomic E-state index is 13.0. The van der Waals surface area contributed by atoms with Crippen molar-refractivity contribution in [1.82, 2.24) is 20.2 Å². The van der Waals surface area contributed by atoms with Gasteiger partial charge in [-0.05, 0) is 12.8 Å². The van der Waals surface area contributed by atoms with Gasteiger partial charge in [-0.15, -0.1) is 0 Å². The molecule has 0 bridgehead atoms. The van der Waals surface area contributed by atoms with Gasteiger partial charge in [-0.3, -0.25) is 4.79 Å². The number of amides is 1. The molecule has 1 aliphatic heterocycles. The second kappa shape index (κ2) is 4.76. The topological polar surface area (TPSA) is 59.0 Å². The summed E-state index contributed by atoms with van der Waals surface area (Å²) in [5.41, 5.74) is 0.907. The van der Waals surface area contributed by atoms with E-state index in [1.807, 2.05) is 0 Å². The van der Waals surface area contributed by atoms with Crippen LogP contribution in [0.3, 0.4) is 0 Å². The van der Waals surface area contributed by atoms with Gasteiger partial charge in [0.2, 0.25) is 11.7 Å². The van der Waals surface area contributed by atoms with Crippen LogP contribution in [0.2, 0.25) is 0 Å². The zero-order valence-corrected chi connectivity index (χ0v) is 10.8. The molecule has 1 amide bonds. The number of halogens is 3. The fourth-order valence-electron chi connectivity index (χ4n) is 2.40. The van der Waals surface area contributed by atoms with Gasteiger partial charge in [0.25, 0.3) is 0 Å². The molecule has 2 N–H and O–H groups in total. The Hall–Kier alpha value is -1.57. The van der Waals surface area contributed by atoms with Crippen LogP contribution >= 0.6 is 0 Å². The molecule has 2 aliphatic rings. The van der Waals surface area contributed by atoms with Crippen LogP contribution in [0.15, 0.2) is 0 Å². The van der Waals surface area contributed by atoms with E-state index in [2.05, 4.69) is 15.6 Å². The van der Waals surface area contributed by atoms with Gasteiger partial charge >= 0.3 is 6.18 Å². The Labute approximate surface area is 113 Å². The fraction of sp³-hybridized carbons (Fsp3) is 0.667. The molecule has 0 aromatic carbocycles. The third-order valence-corrected chi connectivity index (χ3v) is 3.48. The van der Waals surface area contributed by atoms with Gasteiger partial charge in [-0.2, -0.15) is 13.2 Å². The number of carbonyl (C=O) groups excluding carboxylic acids is 1. The molecule has 0 spiro atoms.